The van der Waals surface area contributed by atoms with Crippen molar-refractivity contribution in [1.29, 1.82) is 0 Å². The van der Waals surface area contributed by atoms with E-state index in [1.807, 2.05) is 36.4 Å². The maximum absolute atomic E-state index is 5.87. The Hall–Kier alpha value is -1.70. The molecule has 0 heterocycles. The molecular weight excluding hydrogens is 172 g/mol. The first-order chi connectivity index (χ1) is 6.79. The summed E-state index contributed by atoms with van der Waals surface area (Å²) in [6, 6.07) is 7.81. The second kappa shape index (κ2) is 5.12. The van der Waals surface area contributed by atoms with Gasteiger partial charge in [-0.05, 0) is 12.1 Å². The van der Waals surface area contributed by atoms with Gasteiger partial charge in [0.05, 0.1) is 11.4 Å². The smallest absolute Gasteiger partial charge is 0.0605 e. The Balaban J connectivity index is 2.91. The molecule has 0 aliphatic heterocycles. The van der Waals surface area contributed by atoms with E-state index in [1.54, 1.807) is 0 Å². The lowest BCUT2D eigenvalue weighted by Gasteiger charge is -2.22. The standard InChI is InChI=1S/C12H16N2/c1-3-9-14(10-4-2)12-8-6-5-7-11(12)13/h3-8H,1-2,9-10,13H2. The van der Waals surface area contributed by atoms with Gasteiger partial charge in [-0.1, -0.05) is 24.3 Å². The molecule has 0 bridgehead atoms. The molecular formula is C12H16N2. The zero-order valence-electron chi connectivity index (χ0n) is 8.32. The van der Waals surface area contributed by atoms with E-state index in [4.69, 9.17) is 5.73 Å². The molecule has 2 N–H and O–H groups in total. The van der Waals surface area contributed by atoms with E-state index in [0.29, 0.717) is 0 Å². The topological polar surface area (TPSA) is 29.3 Å². The number of nitrogens with zero attached hydrogens (tertiary/aromatic N) is 1. The van der Waals surface area contributed by atoms with Crippen LogP contribution in [0.3, 0.4) is 0 Å². The van der Waals surface area contributed by atoms with Crippen LogP contribution in [-0.2, 0) is 0 Å². The van der Waals surface area contributed by atoms with Crippen molar-refractivity contribution in [3.8, 4) is 0 Å². The van der Waals surface area contributed by atoms with Crippen LogP contribution in [0.4, 0.5) is 11.4 Å². The van der Waals surface area contributed by atoms with Crippen molar-refractivity contribution in [3.05, 3.63) is 49.6 Å². The molecule has 14 heavy (non-hydrogen) atoms. The highest BCUT2D eigenvalue weighted by atomic mass is 15.1. The molecule has 0 unspecified atom stereocenters. The Morgan fingerprint density at radius 2 is 1.71 bits per heavy atom. The van der Waals surface area contributed by atoms with Gasteiger partial charge >= 0.3 is 0 Å². The van der Waals surface area contributed by atoms with Crippen LogP contribution in [0, 0.1) is 0 Å². The van der Waals surface area contributed by atoms with Gasteiger partial charge in [-0.2, -0.15) is 0 Å². The largest absolute Gasteiger partial charge is 0.397 e. The molecule has 0 fully saturated rings. The summed E-state index contributed by atoms with van der Waals surface area (Å²) in [6.45, 7) is 9.00. The van der Waals surface area contributed by atoms with Crippen LogP contribution in [0.25, 0.3) is 0 Å². The third kappa shape index (κ3) is 2.39. The van der Waals surface area contributed by atoms with Gasteiger partial charge in [-0.15, -0.1) is 13.2 Å². The number of para-hydroxylation sites is 2. The lowest BCUT2D eigenvalue weighted by atomic mass is 10.2. The van der Waals surface area contributed by atoms with Gasteiger partial charge in [0.15, 0.2) is 0 Å². The number of rotatable bonds is 5. The highest BCUT2D eigenvalue weighted by Gasteiger charge is 2.04. The lowest BCUT2D eigenvalue weighted by Crippen LogP contribution is -2.23. The number of anilines is 2. The summed E-state index contributed by atoms with van der Waals surface area (Å²) in [4.78, 5) is 2.12. The van der Waals surface area contributed by atoms with Gasteiger partial charge in [0.25, 0.3) is 0 Å². The summed E-state index contributed by atoms with van der Waals surface area (Å²) in [6.07, 6.45) is 3.71. The van der Waals surface area contributed by atoms with E-state index >= 15 is 0 Å². The molecule has 0 saturated carbocycles. The highest BCUT2D eigenvalue weighted by Crippen LogP contribution is 2.21. The van der Waals surface area contributed by atoms with Crippen LogP contribution in [0.1, 0.15) is 0 Å². The average molecular weight is 188 g/mol. The van der Waals surface area contributed by atoms with E-state index in [0.717, 1.165) is 24.5 Å². The third-order valence-corrected chi connectivity index (χ3v) is 1.98. The zero-order chi connectivity index (χ0) is 10.4. The number of nitrogen functional groups attached to an aromatic ring is 1. The van der Waals surface area contributed by atoms with E-state index in [9.17, 15) is 0 Å². The maximum atomic E-state index is 5.87. The minimum absolute atomic E-state index is 0.778. The SMILES string of the molecule is C=CCN(CC=C)c1ccccc1N. The Kier molecular flexibility index (Phi) is 3.80. The van der Waals surface area contributed by atoms with Gasteiger partial charge < -0.3 is 10.6 Å². The van der Waals surface area contributed by atoms with Gasteiger partial charge in [0.2, 0.25) is 0 Å². The predicted molar refractivity (Wildman–Crippen MR) is 63.5 cm³/mol. The van der Waals surface area contributed by atoms with Crippen LogP contribution in [-0.4, -0.2) is 13.1 Å². The van der Waals surface area contributed by atoms with E-state index in [2.05, 4.69) is 18.1 Å². The monoisotopic (exact) mass is 188 g/mol. The van der Waals surface area contributed by atoms with Crippen LogP contribution < -0.4 is 10.6 Å². The number of hydrogen-bond acceptors (Lipinski definition) is 2. The molecule has 0 aliphatic carbocycles. The summed E-state index contributed by atoms with van der Waals surface area (Å²) in [5.41, 5.74) is 7.69. The first kappa shape index (κ1) is 10.4. The molecule has 2 heteroatoms. The first-order valence-electron chi connectivity index (χ1n) is 4.61. The quantitative estimate of drug-likeness (QED) is 0.568. The van der Waals surface area contributed by atoms with Crippen LogP contribution in [0.15, 0.2) is 49.6 Å². The molecule has 0 aliphatic rings. The molecule has 0 spiro atoms. The fourth-order valence-corrected chi connectivity index (χ4v) is 1.36. The second-order valence-electron chi connectivity index (χ2n) is 3.04. The summed E-state index contributed by atoms with van der Waals surface area (Å²) in [5, 5.41) is 0. The lowest BCUT2D eigenvalue weighted by molar-refractivity contribution is 0.959. The van der Waals surface area contributed by atoms with E-state index < -0.39 is 0 Å². The van der Waals surface area contributed by atoms with Crippen molar-refractivity contribution in [1.82, 2.24) is 0 Å². The van der Waals surface area contributed by atoms with Gasteiger partial charge in [-0.3, -0.25) is 0 Å². The fraction of sp³-hybridized carbons (Fsp3) is 0.167. The van der Waals surface area contributed by atoms with Crippen LogP contribution in [0.2, 0.25) is 0 Å². The van der Waals surface area contributed by atoms with Gasteiger partial charge in [0, 0.05) is 13.1 Å². The van der Waals surface area contributed by atoms with Crippen molar-refractivity contribution in [2.45, 2.75) is 0 Å². The molecule has 2 nitrogen and oxygen atoms in total. The minimum atomic E-state index is 0.778. The molecule has 0 saturated heterocycles. The molecule has 0 radical (unpaired) electrons. The Morgan fingerprint density at radius 3 is 2.21 bits per heavy atom. The number of benzene rings is 1. The Morgan fingerprint density at radius 1 is 1.14 bits per heavy atom. The first-order valence-corrected chi connectivity index (χ1v) is 4.61. The summed E-state index contributed by atoms with van der Waals surface area (Å²) >= 11 is 0. The van der Waals surface area contributed by atoms with Gasteiger partial charge in [0.1, 0.15) is 0 Å². The zero-order valence-corrected chi connectivity index (χ0v) is 8.32. The van der Waals surface area contributed by atoms with Crippen LogP contribution >= 0.6 is 0 Å². The molecule has 74 valence electrons. The van der Waals surface area contributed by atoms with Crippen molar-refractivity contribution in [2.24, 2.45) is 0 Å². The molecule has 0 aromatic heterocycles. The average Bonchev–Trinajstić information content (AvgIpc) is 2.18. The van der Waals surface area contributed by atoms with Crippen molar-refractivity contribution >= 4 is 11.4 Å². The third-order valence-electron chi connectivity index (χ3n) is 1.98. The van der Waals surface area contributed by atoms with Crippen molar-refractivity contribution in [3.63, 3.8) is 0 Å². The Bertz CT molecular complexity index is 308. The minimum Gasteiger partial charge on any atom is -0.397 e. The molecule has 1 aromatic carbocycles. The second-order valence-corrected chi connectivity index (χ2v) is 3.04. The molecule has 1 aromatic rings. The Labute approximate surface area is 85.3 Å². The molecule has 0 amide bonds. The summed E-state index contributed by atoms with van der Waals surface area (Å²) in [7, 11) is 0. The maximum Gasteiger partial charge on any atom is 0.0605 e. The normalized spacial score (nSPS) is 9.43. The fourth-order valence-electron chi connectivity index (χ4n) is 1.36. The predicted octanol–water partition coefficient (Wildman–Crippen LogP) is 2.45. The van der Waals surface area contributed by atoms with Crippen molar-refractivity contribution < 1.29 is 0 Å². The molecule has 0 atom stereocenters. The summed E-state index contributed by atoms with van der Waals surface area (Å²) in [5.74, 6) is 0. The van der Waals surface area contributed by atoms with Gasteiger partial charge in [-0.25, -0.2) is 0 Å². The van der Waals surface area contributed by atoms with Crippen molar-refractivity contribution in [2.75, 3.05) is 23.7 Å². The van der Waals surface area contributed by atoms with E-state index in [1.165, 1.54) is 0 Å². The highest BCUT2D eigenvalue weighted by molar-refractivity contribution is 5.67. The number of nitrogens with two attached hydrogens (primary N) is 1. The van der Waals surface area contributed by atoms with Crippen LogP contribution in [0.5, 0.6) is 0 Å². The number of hydrogen-bond donors (Lipinski definition) is 1. The van der Waals surface area contributed by atoms with E-state index in [-0.39, 0.29) is 0 Å². The molecule has 1 rings (SSSR count). The summed E-state index contributed by atoms with van der Waals surface area (Å²) < 4.78 is 0.